The molecule has 0 radical (unpaired) electrons. The summed E-state index contributed by atoms with van der Waals surface area (Å²) < 4.78 is 47.1. The molecule has 0 N–H and O–H groups in total. The van der Waals surface area contributed by atoms with Crippen molar-refractivity contribution in [1.82, 2.24) is 0 Å². The molecule has 0 spiro atoms. The maximum Gasteiger partial charge on any atom is 0.138 e. The number of rotatable bonds is 27. The first kappa shape index (κ1) is 35.7. The fourth-order valence-corrected chi connectivity index (χ4v) is 3.13. The van der Waals surface area contributed by atoms with E-state index in [9.17, 15) is 0 Å². The van der Waals surface area contributed by atoms with Crippen LogP contribution in [-0.4, -0.2) is 103 Å². The van der Waals surface area contributed by atoms with Crippen molar-refractivity contribution in [2.45, 2.75) is 111 Å². The van der Waals surface area contributed by atoms with Crippen LogP contribution in [0.2, 0.25) is 0 Å². The lowest BCUT2D eigenvalue weighted by Crippen LogP contribution is -2.48. The van der Waals surface area contributed by atoms with Gasteiger partial charge in [0.25, 0.3) is 0 Å². The van der Waals surface area contributed by atoms with E-state index in [1.165, 1.54) is 0 Å². The van der Waals surface area contributed by atoms with Crippen LogP contribution in [0.1, 0.15) is 81.1 Å². The number of hydrogen-bond donors (Lipinski definition) is 0. The first-order chi connectivity index (χ1) is 17.2. The summed E-state index contributed by atoms with van der Waals surface area (Å²) in [4.78, 5) is 0. The lowest BCUT2D eigenvalue weighted by molar-refractivity contribution is -0.170. The maximum absolute atomic E-state index is 6.40. The van der Waals surface area contributed by atoms with Gasteiger partial charge in [-0.05, 0) is 81.1 Å². The fraction of sp³-hybridized carbons (Fsp3) is 1.00. The largest absolute Gasteiger partial charge is 0.379 e. The summed E-state index contributed by atoms with van der Waals surface area (Å²) in [5.41, 5.74) is -0.686. The quantitative estimate of drug-likeness (QED) is 0.139. The van der Waals surface area contributed by atoms with E-state index in [2.05, 4.69) is 0 Å². The summed E-state index contributed by atoms with van der Waals surface area (Å²) in [7, 11) is 0. The Morgan fingerprint density at radius 1 is 0.389 bits per heavy atom. The Kier molecular flexibility index (Phi) is 23.6. The predicted molar refractivity (Wildman–Crippen MR) is 144 cm³/mol. The molecule has 36 heavy (non-hydrogen) atoms. The Bertz CT molecular complexity index is 407. The van der Waals surface area contributed by atoms with E-state index in [4.69, 9.17) is 37.9 Å². The van der Waals surface area contributed by atoms with Gasteiger partial charge in [-0.3, -0.25) is 0 Å². The zero-order chi connectivity index (χ0) is 27.1. The minimum atomic E-state index is -0.686. The molecule has 218 valence electrons. The Balaban J connectivity index is 4.88. The van der Waals surface area contributed by atoms with E-state index in [1.54, 1.807) is 0 Å². The molecule has 0 unspecified atom stereocenters. The van der Waals surface area contributed by atoms with Gasteiger partial charge in [-0.25, -0.2) is 0 Å². The Morgan fingerprint density at radius 2 is 0.667 bits per heavy atom. The van der Waals surface area contributed by atoms with Gasteiger partial charge >= 0.3 is 0 Å². The highest BCUT2D eigenvalue weighted by Crippen LogP contribution is 2.16. The normalized spacial score (nSPS) is 12.7. The van der Waals surface area contributed by atoms with Crippen molar-refractivity contribution in [3.63, 3.8) is 0 Å². The second kappa shape index (κ2) is 23.8. The van der Waals surface area contributed by atoms with Crippen LogP contribution in [0.25, 0.3) is 0 Å². The third-order valence-electron chi connectivity index (χ3n) is 4.90. The summed E-state index contributed by atoms with van der Waals surface area (Å²) in [5, 5.41) is 0. The van der Waals surface area contributed by atoms with Gasteiger partial charge < -0.3 is 37.9 Å². The lowest BCUT2D eigenvalue weighted by Gasteiger charge is -2.33. The van der Waals surface area contributed by atoms with Crippen LogP contribution >= 0.6 is 0 Å². The molecule has 0 amide bonds. The molecule has 0 bridgehead atoms. The second-order valence-corrected chi connectivity index (χ2v) is 10.3. The highest BCUT2D eigenvalue weighted by molar-refractivity contribution is 4.81. The smallest absolute Gasteiger partial charge is 0.138 e. The van der Waals surface area contributed by atoms with Gasteiger partial charge in [0.2, 0.25) is 0 Å². The van der Waals surface area contributed by atoms with Crippen molar-refractivity contribution in [3.8, 4) is 0 Å². The Morgan fingerprint density at radius 3 is 0.944 bits per heavy atom. The van der Waals surface area contributed by atoms with Crippen molar-refractivity contribution in [3.05, 3.63) is 0 Å². The molecule has 0 saturated heterocycles. The molecule has 8 heteroatoms. The number of hydrogen-bond acceptors (Lipinski definition) is 8. The molecular formula is C28H58O8. The van der Waals surface area contributed by atoms with Crippen molar-refractivity contribution >= 4 is 0 Å². The molecule has 0 saturated carbocycles. The molecule has 8 nitrogen and oxygen atoms in total. The van der Waals surface area contributed by atoms with Crippen LogP contribution < -0.4 is 0 Å². The molecule has 0 aliphatic rings. The molecule has 0 aromatic rings. The standard InChI is InChI=1S/C28H58O8/c1-24(2)32-16-9-13-29-21-28(36-20-12-19-35-27(7)8,22-30-14-10-17-33-25(3)4)23-31-15-11-18-34-26(5)6/h24-27H,9-23H2,1-8H3. The average Bonchev–Trinajstić information content (AvgIpc) is 2.79. The van der Waals surface area contributed by atoms with Gasteiger partial charge in [-0.15, -0.1) is 0 Å². The molecule has 0 rings (SSSR count). The van der Waals surface area contributed by atoms with E-state index in [0.717, 1.165) is 25.7 Å². The summed E-state index contributed by atoms with van der Waals surface area (Å²) >= 11 is 0. The van der Waals surface area contributed by atoms with Crippen LogP contribution in [0.3, 0.4) is 0 Å². The van der Waals surface area contributed by atoms with Crippen LogP contribution in [0.4, 0.5) is 0 Å². The van der Waals surface area contributed by atoms with E-state index in [0.29, 0.717) is 72.7 Å². The van der Waals surface area contributed by atoms with Gasteiger partial charge in [0.1, 0.15) is 5.60 Å². The van der Waals surface area contributed by atoms with E-state index in [1.807, 2.05) is 55.4 Å². The van der Waals surface area contributed by atoms with Crippen LogP contribution in [0.15, 0.2) is 0 Å². The van der Waals surface area contributed by atoms with Gasteiger partial charge in [0, 0.05) is 52.9 Å². The second-order valence-electron chi connectivity index (χ2n) is 10.3. The molecule has 0 atom stereocenters. The maximum atomic E-state index is 6.40. The summed E-state index contributed by atoms with van der Waals surface area (Å²) in [6.07, 6.45) is 4.17. The zero-order valence-corrected chi connectivity index (χ0v) is 24.7. The van der Waals surface area contributed by atoms with Crippen LogP contribution in [0.5, 0.6) is 0 Å². The fourth-order valence-electron chi connectivity index (χ4n) is 3.13. The molecule has 0 aliphatic carbocycles. The first-order valence-corrected chi connectivity index (χ1v) is 14.0. The van der Waals surface area contributed by atoms with Gasteiger partial charge in [-0.2, -0.15) is 0 Å². The first-order valence-electron chi connectivity index (χ1n) is 14.0. The van der Waals surface area contributed by atoms with Crippen LogP contribution in [0, 0.1) is 0 Å². The van der Waals surface area contributed by atoms with Crippen molar-refractivity contribution in [2.24, 2.45) is 0 Å². The zero-order valence-electron chi connectivity index (χ0n) is 24.7. The highest BCUT2D eigenvalue weighted by atomic mass is 16.6. The third-order valence-corrected chi connectivity index (χ3v) is 4.90. The van der Waals surface area contributed by atoms with Crippen LogP contribution in [-0.2, 0) is 37.9 Å². The van der Waals surface area contributed by atoms with Crippen molar-refractivity contribution < 1.29 is 37.9 Å². The molecule has 0 aromatic carbocycles. The summed E-state index contributed by atoms with van der Waals surface area (Å²) in [6, 6.07) is 0. The SMILES string of the molecule is CC(C)OCCCOCC(COCCCOC(C)C)(COCCCOC(C)C)OCCCOC(C)C. The highest BCUT2D eigenvalue weighted by Gasteiger charge is 2.33. The minimum Gasteiger partial charge on any atom is -0.379 e. The average molecular weight is 523 g/mol. The van der Waals surface area contributed by atoms with E-state index in [-0.39, 0.29) is 24.4 Å². The van der Waals surface area contributed by atoms with Gasteiger partial charge in [-0.1, -0.05) is 0 Å². The Labute approximate surface area is 222 Å². The van der Waals surface area contributed by atoms with Crippen molar-refractivity contribution in [1.29, 1.82) is 0 Å². The molecule has 0 fully saturated rings. The van der Waals surface area contributed by atoms with Crippen molar-refractivity contribution in [2.75, 3.05) is 72.7 Å². The van der Waals surface area contributed by atoms with E-state index < -0.39 is 5.60 Å². The molecule has 0 aliphatic heterocycles. The molecule has 0 aromatic heterocycles. The number of ether oxygens (including phenoxy) is 8. The molecule has 0 heterocycles. The predicted octanol–water partition coefficient (Wildman–Crippen LogP) is 5.05. The lowest BCUT2D eigenvalue weighted by atomic mass is 10.1. The van der Waals surface area contributed by atoms with E-state index >= 15 is 0 Å². The molecular weight excluding hydrogens is 464 g/mol. The van der Waals surface area contributed by atoms with Gasteiger partial charge in [0.05, 0.1) is 44.2 Å². The summed E-state index contributed by atoms with van der Waals surface area (Å²) in [6.45, 7) is 22.5. The van der Waals surface area contributed by atoms with Gasteiger partial charge in [0.15, 0.2) is 0 Å². The Hall–Kier alpha value is -0.320. The monoisotopic (exact) mass is 522 g/mol. The minimum absolute atomic E-state index is 0.207. The summed E-state index contributed by atoms with van der Waals surface area (Å²) in [5.74, 6) is 0. The third kappa shape index (κ3) is 24.0. The topological polar surface area (TPSA) is 73.8 Å².